The molecule has 0 aliphatic carbocycles. The summed E-state index contributed by atoms with van der Waals surface area (Å²) >= 11 is 0. The Labute approximate surface area is 126 Å². The third kappa shape index (κ3) is 3.37. The van der Waals surface area contributed by atoms with Crippen molar-refractivity contribution in [1.29, 1.82) is 0 Å². The van der Waals surface area contributed by atoms with Gasteiger partial charge in [0.2, 0.25) is 6.55 Å². The second-order valence-electron chi connectivity index (χ2n) is 6.72. The van der Waals surface area contributed by atoms with Crippen molar-refractivity contribution in [3.05, 3.63) is 0 Å². The average molecular weight is 248 g/mol. The molecule has 2 nitrogen and oxygen atoms in total. The summed E-state index contributed by atoms with van der Waals surface area (Å²) in [5, 5.41) is 0. The molecule has 1 aliphatic heterocycles. The molecule has 1 atom stereocenters. The zero-order valence-corrected chi connectivity index (χ0v) is 13.8. The SMILES string of the molecule is CCCC[B-]1(C(C)CC)OC(C)(C)C(C)(C)O1.[Li+]. The van der Waals surface area contributed by atoms with Crippen LogP contribution in [0.1, 0.15) is 67.7 Å². The van der Waals surface area contributed by atoms with Crippen LogP contribution >= 0.6 is 0 Å². The van der Waals surface area contributed by atoms with Gasteiger partial charge in [-0.25, -0.2) is 0 Å². The predicted octanol–water partition coefficient (Wildman–Crippen LogP) is 1.64. The maximum atomic E-state index is 6.45. The van der Waals surface area contributed by atoms with Crippen LogP contribution in [0.3, 0.4) is 0 Å². The Bertz CT molecular complexity index is 251. The van der Waals surface area contributed by atoms with E-state index in [1.807, 2.05) is 0 Å². The fourth-order valence-electron chi connectivity index (χ4n) is 2.79. The third-order valence-corrected chi connectivity index (χ3v) is 4.91. The van der Waals surface area contributed by atoms with E-state index in [9.17, 15) is 0 Å². The first-order valence-electron chi connectivity index (χ1n) is 7.27. The smallest absolute Gasteiger partial charge is 0.561 e. The van der Waals surface area contributed by atoms with E-state index < -0.39 is 6.55 Å². The minimum Gasteiger partial charge on any atom is -0.561 e. The zero-order valence-electron chi connectivity index (χ0n) is 13.8. The van der Waals surface area contributed by atoms with Gasteiger partial charge in [0, 0.05) is 11.2 Å². The minimum absolute atomic E-state index is 0. The number of hydrogen-bond donors (Lipinski definition) is 0. The standard InChI is InChI=1S/C14H30BO2.Li/c1-8-10-11-15(12(3)9-2)16-13(4,5)14(6,7)17-15;/h12H,8-11H2,1-7H3;/q-1;+1. The summed E-state index contributed by atoms with van der Waals surface area (Å²) in [5.41, 5.74) is -0.381. The van der Waals surface area contributed by atoms with Crippen molar-refractivity contribution >= 4 is 6.55 Å². The second kappa shape index (κ2) is 6.35. The van der Waals surface area contributed by atoms with Crippen LogP contribution in [0.25, 0.3) is 0 Å². The van der Waals surface area contributed by atoms with Crippen LogP contribution in [0.5, 0.6) is 0 Å². The maximum absolute atomic E-state index is 6.45. The molecule has 0 amide bonds. The molecule has 1 rings (SSSR count). The zero-order chi connectivity index (χ0) is 13.3. The predicted molar refractivity (Wildman–Crippen MR) is 75.5 cm³/mol. The van der Waals surface area contributed by atoms with Gasteiger partial charge in [-0.2, -0.15) is 0 Å². The molecule has 0 aromatic heterocycles. The molecule has 0 radical (unpaired) electrons. The van der Waals surface area contributed by atoms with Gasteiger partial charge >= 0.3 is 18.9 Å². The Balaban J connectivity index is 0.00000289. The van der Waals surface area contributed by atoms with E-state index in [2.05, 4.69) is 48.5 Å². The van der Waals surface area contributed by atoms with Crippen LogP contribution in [-0.4, -0.2) is 17.8 Å². The number of unbranched alkanes of at least 4 members (excludes halogenated alkanes) is 1. The van der Waals surface area contributed by atoms with Crippen molar-refractivity contribution < 1.29 is 28.2 Å². The van der Waals surface area contributed by atoms with E-state index >= 15 is 0 Å². The van der Waals surface area contributed by atoms with Crippen LogP contribution in [0.2, 0.25) is 12.1 Å². The Morgan fingerprint density at radius 3 is 1.78 bits per heavy atom. The van der Waals surface area contributed by atoms with E-state index in [4.69, 9.17) is 9.31 Å². The topological polar surface area (TPSA) is 18.5 Å². The fraction of sp³-hybridized carbons (Fsp3) is 1.00. The molecule has 0 aromatic rings. The molecular formula is C14H30BLiO2. The normalized spacial score (nSPS) is 25.5. The molecule has 1 unspecified atom stereocenters. The summed E-state index contributed by atoms with van der Waals surface area (Å²) in [6, 6.07) is 0. The van der Waals surface area contributed by atoms with Crippen molar-refractivity contribution in [3.63, 3.8) is 0 Å². The van der Waals surface area contributed by atoms with Gasteiger partial charge in [0.15, 0.2) is 0 Å². The summed E-state index contributed by atoms with van der Waals surface area (Å²) in [6.07, 6.45) is 4.58. The quantitative estimate of drug-likeness (QED) is 0.688. The van der Waals surface area contributed by atoms with Crippen molar-refractivity contribution in [2.45, 2.75) is 91.1 Å². The first-order valence-corrected chi connectivity index (χ1v) is 7.27. The third-order valence-electron chi connectivity index (χ3n) is 4.91. The molecule has 0 N–H and O–H groups in total. The van der Waals surface area contributed by atoms with Gasteiger partial charge in [-0.15, -0.1) is 12.1 Å². The van der Waals surface area contributed by atoms with Crippen LogP contribution in [0, 0.1) is 0 Å². The molecule has 0 aromatic carbocycles. The molecule has 0 bridgehead atoms. The molecule has 4 heteroatoms. The van der Waals surface area contributed by atoms with E-state index in [0.29, 0.717) is 5.82 Å². The molecule has 0 saturated carbocycles. The van der Waals surface area contributed by atoms with Gasteiger partial charge in [0.05, 0.1) is 0 Å². The molecule has 18 heavy (non-hydrogen) atoms. The van der Waals surface area contributed by atoms with Crippen LogP contribution in [0.15, 0.2) is 0 Å². The number of rotatable bonds is 5. The Morgan fingerprint density at radius 2 is 1.44 bits per heavy atom. The molecule has 0 spiro atoms. The summed E-state index contributed by atoms with van der Waals surface area (Å²) in [5.74, 6) is 0.502. The summed E-state index contributed by atoms with van der Waals surface area (Å²) in [7, 11) is 0. The molecule has 1 aliphatic rings. The number of hydrogen-bond acceptors (Lipinski definition) is 2. The summed E-state index contributed by atoms with van der Waals surface area (Å²) < 4.78 is 12.9. The van der Waals surface area contributed by atoms with Gasteiger partial charge in [0.1, 0.15) is 0 Å². The fourth-order valence-corrected chi connectivity index (χ4v) is 2.79. The summed E-state index contributed by atoms with van der Waals surface area (Å²) in [4.78, 5) is 0. The van der Waals surface area contributed by atoms with E-state index in [1.54, 1.807) is 0 Å². The largest absolute Gasteiger partial charge is 1.00 e. The van der Waals surface area contributed by atoms with Crippen molar-refractivity contribution in [2.75, 3.05) is 0 Å². The van der Waals surface area contributed by atoms with Crippen molar-refractivity contribution in [1.82, 2.24) is 0 Å². The Morgan fingerprint density at radius 1 is 1.00 bits per heavy atom. The molecule has 102 valence electrons. The maximum Gasteiger partial charge on any atom is 1.00 e. The second-order valence-corrected chi connectivity index (χ2v) is 6.72. The van der Waals surface area contributed by atoms with Crippen LogP contribution < -0.4 is 18.9 Å². The molecular weight excluding hydrogens is 218 g/mol. The van der Waals surface area contributed by atoms with Gasteiger partial charge < -0.3 is 9.31 Å². The van der Waals surface area contributed by atoms with Crippen molar-refractivity contribution in [2.24, 2.45) is 0 Å². The van der Waals surface area contributed by atoms with E-state index in [1.165, 1.54) is 12.8 Å². The van der Waals surface area contributed by atoms with Crippen molar-refractivity contribution in [3.8, 4) is 0 Å². The first-order chi connectivity index (χ1) is 7.71. The van der Waals surface area contributed by atoms with Gasteiger partial charge in [-0.1, -0.05) is 40.0 Å². The Hall–Kier alpha value is 0.582. The van der Waals surface area contributed by atoms with Crippen LogP contribution in [0.4, 0.5) is 0 Å². The van der Waals surface area contributed by atoms with Gasteiger partial charge in [0.25, 0.3) is 0 Å². The average Bonchev–Trinajstić information content (AvgIpc) is 2.41. The van der Waals surface area contributed by atoms with Gasteiger partial charge in [-0.05, 0) is 27.7 Å². The van der Waals surface area contributed by atoms with E-state index in [-0.39, 0.29) is 30.1 Å². The minimum atomic E-state index is -1.12. The molecule has 1 fully saturated rings. The van der Waals surface area contributed by atoms with E-state index in [0.717, 1.165) is 12.7 Å². The van der Waals surface area contributed by atoms with Crippen LogP contribution in [-0.2, 0) is 9.31 Å². The Kier molecular flexibility index (Phi) is 6.56. The molecule has 1 saturated heterocycles. The first kappa shape index (κ1) is 18.6. The van der Waals surface area contributed by atoms with Gasteiger partial charge in [-0.3, -0.25) is 0 Å². The molecule has 1 heterocycles. The summed E-state index contributed by atoms with van der Waals surface area (Å²) in [6.45, 7) is 14.2. The monoisotopic (exact) mass is 248 g/mol.